The minimum absolute atomic E-state index is 0.0846. The van der Waals surface area contributed by atoms with Crippen LogP contribution in [0.15, 0.2) is 23.4 Å². The number of carbonyl (C=O) groups is 1. The van der Waals surface area contributed by atoms with Crippen LogP contribution < -0.4 is 4.72 Å². The van der Waals surface area contributed by atoms with Gasteiger partial charge in [0.2, 0.25) is 10.0 Å². The van der Waals surface area contributed by atoms with Crippen molar-refractivity contribution in [1.29, 1.82) is 0 Å². The maximum Gasteiger partial charge on any atom is 0.320 e. The topological polar surface area (TPSA) is 88.3 Å². The van der Waals surface area contributed by atoms with Gasteiger partial charge in [0.15, 0.2) is 0 Å². The Morgan fingerprint density at radius 3 is 2.86 bits per heavy atom. The molecule has 1 aromatic rings. The highest BCUT2D eigenvalue weighted by molar-refractivity contribution is 7.89. The van der Waals surface area contributed by atoms with Gasteiger partial charge in [0.25, 0.3) is 0 Å². The van der Waals surface area contributed by atoms with Gasteiger partial charge in [-0.3, -0.25) is 4.79 Å². The highest BCUT2D eigenvalue weighted by Gasteiger charge is 2.15. The van der Waals surface area contributed by atoms with Crippen molar-refractivity contribution in [3.05, 3.63) is 18.5 Å². The number of esters is 1. The minimum Gasteiger partial charge on any atom is -0.468 e. The number of sulfonamides is 1. The zero-order valence-corrected chi connectivity index (χ0v) is 8.30. The molecule has 1 aromatic heterocycles. The van der Waals surface area contributed by atoms with Gasteiger partial charge in [-0.25, -0.2) is 8.42 Å². The smallest absolute Gasteiger partial charge is 0.320 e. The van der Waals surface area contributed by atoms with E-state index in [1.165, 1.54) is 25.6 Å². The summed E-state index contributed by atoms with van der Waals surface area (Å²) >= 11 is 0. The van der Waals surface area contributed by atoms with E-state index in [0.717, 1.165) is 0 Å². The molecule has 0 aliphatic rings. The number of aromatic amines is 1. The molecule has 0 spiro atoms. The zero-order valence-electron chi connectivity index (χ0n) is 7.48. The molecule has 0 bridgehead atoms. The lowest BCUT2D eigenvalue weighted by Gasteiger charge is -2.02. The fourth-order valence-corrected chi connectivity index (χ4v) is 1.73. The summed E-state index contributed by atoms with van der Waals surface area (Å²) in [6, 6.07) is 1.39. The molecule has 0 unspecified atom stereocenters. The van der Waals surface area contributed by atoms with E-state index < -0.39 is 16.0 Å². The van der Waals surface area contributed by atoms with Crippen LogP contribution in [0, 0.1) is 0 Å². The highest BCUT2D eigenvalue weighted by Crippen LogP contribution is 2.05. The van der Waals surface area contributed by atoms with Gasteiger partial charge in [0, 0.05) is 12.4 Å². The summed E-state index contributed by atoms with van der Waals surface area (Å²) in [7, 11) is -2.42. The monoisotopic (exact) mass is 218 g/mol. The predicted octanol–water partition coefficient (Wildman–Crippen LogP) is -0.534. The summed E-state index contributed by atoms with van der Waals surface area (Å²) in [6.45, 7) is -0.371. The van der Waals surface area contributed by atoms with Crippen LogP contribution in [0.2, 0.25) is 0 Å². The average molecular weight is 218 g/mol. The lowest BCUT2D eigenvalue weighted by atomic mass is 10.7. The molecule has 0 saturated heterocycles. The van der Waals surface area contributed by atoms with Crippen LogP contribution in [0.4, 0.5) is 0 Å². The van der Waals surface area contributed by atoms with Crippen LogP contribution in [0.25, 0.3) is 0 Å². The van der Waals surface area contributed by atoms with Crippen molar-refractivity contribution >= 4 is 16.0 Å². The highest BCUT2D eigenvalue weighted by atomic mass is 32.2. The molecule has 0 aliphatic carbocycles. The van der Waals surface area contributed by atoms with E-state index in [4.69, 9.17) is 0 Å². The SMILES string of the molecule is COC(=O)CNS(=O)(=O)c1cc[nH]c1. The van der Waals surface area contributed by atoms with E-state index in [1.54, 1.807) is 0 Å². The number of rotatable bonds is 4. The van der Waals surface area contributed by atoms with Gasteiger partial charge in [0.1, 0.15) is 6.54 Å². The van der Waals surface area contributed by atoms with Crippen molar-refractivity contribution in [1.82, 2.24) is 9.71 Å². The van der Waals surface area contributed by atoms with E-state index in [9.17, 15) is 13.2 Å². The number of H-pyrrole nitrogens is 1. The molecule has 6 nitrogen and oxygen atoms in total. The Morgan fingerprint density at radius 1 is 1.64 bits per heavy atom. The Balaban J connectivity index is 2.65. The maximum atomic E-state index is 11.4. The number of carbonyl (C=O) groups excluding carboxylic acids is 1. The minimum atomic E-state index is -3.60. The van der Waals surface area contributed by atoms with Gasteiger partial charge in [-0.2, -0.15) is 4.72 Å². The first-order valence-corrected chi connectivity index (χ1v) is 5.24. The van der Waals surface area contributed by atoms with Crippen molar-refractivity contribution in [2.24, 2.45) is 0 Å². The first-order valence-electron chi connectivity index (χ1n) is 3.75. The second-order valence-electron chi connectivity index (χ2n) is 2.45. The molecule has 0 saturated carbocycles. The van der Waals surface area contributed by atoms with Gasteiger partial charge >= 0.3 is 5.97 Å². The van der Waals surface area contributed by atoms with E-state index in [0.29, 0.717) is 0 Å². The third-order valence-electron chi connectivity index (χ3n) is 1.51. The first kappa shape index (κ1) is 10.7. The van der Waals surface area contributed by atoms with Crippen molar-refractivity contribution in [2.75, 3.05) is 13.7 Å². The molecule has 0 radical (unpaired) electrons. The largest absolute Gasteiger partial charge is 0.468 e. The van der Waals surface area contributed by atoms with Crippen molar-refractivity contribution in [3.8, 4) is 0 Å². The molecule has 2 N–H and O–H groups in total. The third kappa shape index (κ3) is 2.57. The number of aromatic nitrogens is 1. The third-order valence-corrected chi connectivity index (χ3v) is 2.91. The van der Waals surface area contributed by atoms with Crippen LogP contribution in [-0.2, 0) is 19.6 Å². The Kier molecular flexibility index (Phi) is 3.26. The lowest BCUT2D eigenvalue weighted by molar-refractivity contribution is -0.139. The first-order chi connectivity index (χ1) is 6.56. The molecular weight excluding hydrogens is 208 g/mol. The number of ether oxygens (including phenoxy) is 1. The van der Waals surface area contributed by atoms with Crippen LogP contribution in [0.5, 0.6) is 0 Å². The molecule has 0 aliphatic heterocycles. The molecule has 1 rings (SSSR count). The number of nitrogens with one attached hydrogen (secondary N) is 2. The van der Waals surface area contributed by atoms with E-state index >= 15 is 0 Å². The quantitative estimate of drug-likeness (QED) is 0.665. The zero-order chi connectivity index (χ0) is 10.6. The van der Waals surface area contributed by atoms with Crippen molar-refractivity contribution in [2.45, 2.75) is 4.90 Å². The molecule has 7 heteroatoms. The summed E-state index contributed by atoms with van der Waals surface area (Å²) in [6.07, 6.45) is 2.80. The molecule has 0 atom stereocenters. The van der Waals surface area contributed by atoms with Crippen molar-refractivity contribution in [3.63, 3.8) is 0 Å². The van der Waals surface area contributed by atoms with Crippen LogP contribution in [0.1, 0.15) is 0 Å². The van der Waals surface area contributed by atoms with Crippen molar-refractivity contribution < 1.29 is 17.9 Å². The van der Waals surface area contributed by atoms with E-state index in [-0.39, 0.29) is 11.4 Å². The standard InChI is InChI=1S/C7H10N2O4S/c1-13-7(10)5-9-14(11,12)6-2-3-8-4-6/h2-4,8-9H,5H2,1H3. The van der Waals surface area contributed by atoms with E-state index in [1.807, 2.05) is 0 Å². The van der Waals surface area contributed by atoms with Gasteiger partial charge in [-0.05, 0) is 6.07 Å². The van der Waals surface area contributed by atoms with Crippen LogP contribution in [0.3, 0.4) is 0 Å². The summed E-state index contributed by atoms with van der Waals surface area (Å²) in [5, 5.41) is 0. The van der Waals surface area contributed by atoms with Gasteiger partial charge in [-0.1, -0.05) is 0 Å². The Bertz CT molecular complexity index is 395. The Labute approximate surface area is 81.3 Å². The summed E-state index contributed by atoms with van der Waals surface area (Å²) in [4.78, 5) is 13.4. The number of hydrogen-bond donors (Lipinski definition) is 2. The Hall–Kier alpha value is -1.34. The lowest BCUT2D eigenvalue weighted by Crippen LogP contribution is -2.29. The molecule has 0 aromatic carbocycles. The average Bonchev–Trinajstić information content (AvgIpc) is 2.67. The summed E-state index contributed by atoms with van der Waals surface area (Å²) in [5.41, 5.74) is 0. The van der Waals surface area contributed by atoms with Crippen LogP contribution >= 0.6 is 0 Å². The molecule has 1 heterocycles. The normalized spacial score (nSPS) is 11.2. The fraction of sp³-hybridized carbons (Fsp3) is 0.286. The number of hydrogen-bond acceptors (Lipinski definition) is 4. The molecular formula is C7H10N2O4S. The molecule has 78 valence electrons. The maximum absolute atomic E-state index is 11.4. The summed E-state index contributed by atoms with van der Waals surface area (Å²) in [5.74, 6) is -0.635. The second kappa shape index (κ2) is 4.25. The van der Waals surface area contributed by atoms with Gasteiger partial charge in [-0.15, -0.1) is 0 Å². The van der Waals surface area contributed by atoms with Gasteiger partial charge < -0.3 is 9.72 Å². The summed E-state index contributed by atoms with van der Waals surface area (Å²) < 4.78 is 29.1. The molecule has 0 fully saturated rings. The Morgan fingerprint density at radius 2 is 2.36 bits per heavy atom. The fourth-order valence-electron chi connectivity index (χ4n) is 0.785. The van der Waals surface area contributed by atoms with Gasteiger partial charge in [0.05, 0.1) is 12.0 Å². The van der Waals surface area contributed by atoms with Crippen LogP contribution in [-0.4, -0.2) is 33.0 Å². The molecule has 0 amide bonds. The van der Waals surface area contributed by atoms with E-state index in [2.05, 4.69) is 14.4 Å². The number of methoxy groups -OCH3 is 1. The second-order valence-corrected chi connectivity index (χ2v) is 4.21. The molecule has 14 heavy (non-hydrogen) atoms. The predicted molar refractivity (Wildman–Crippen MR) is 48.0 cm³/mol.